The van der Waals surface area contributed by atoms with E-state index in [-0.39, 0.29) is 11.8 Å². The summed E-state index contributed by atoms with van der Waals surface area (Å²) in [6.45, 7) is 2.91. The summed E-state index contributed by atoms with van der Waals surface area (Å²) in [6, 6.07) is 16.2. The quantitative estimate of drug-likeness (QED) is 0.845. The van der Waals surface area contributed by atoms with Gasteiger partial charge in [0.25, 0.3) is 0 Å². The van der Waals surface area contributed by atoms with Crippen LogP contribution in [0.15, 0.2) is 53.0 Å². The molecule has 5 heteroatoms. The van der Waals surface area contributed by atoms with Crippen LogP contribution < -0.4 is 10.5 Å². The van der Waals surface area contributed by atoms with Crippen LogP contribution in [0.5, 0.6) is 5.75 Å². The average Bonchev–Trinajstić information content (AvgIpc) is 2.49. The first-order valence-electron chi connectivity index (χ1n) is 7.58. The number of hydrogen-bond acceptors (Lipinski definition) is 3. The molecule has 0 aromatic heterocycles. The minimum atomic E-state index is -0.197. The maximum Gasteiger partial charge on any atom is 0.223 e. The third-order valence-electron chi connectivity index (χ3n) is 3.98. The SMILES string of the molecule is NC(=O)C1CN(Cc2ccc(OCc3cccc(Br)c3)cc2)C1. The maximum atomic E-state index is 11.0. The summed E-state index contributed by atoms with van der Waals surface area (Å²) < 4.78 is 6.85. The molecule has 1 saturated heterocycles. The van der Waals surface area contributed by atoms with Crippen molar-refractivity contribution >= 4 is 21.8 Å². The molecule has 1 heterocycles. The molecule has 120 valence electrons. The summed E-state index contributed by atoms with van der Waals surface area (Å²) >= 11 is 3.46. The first-order chi connectivity index (χ1) is 11.1. The number of carbonyl (C=O) groups excluding carboxylic acids is 1. The molecule has 23 heavy (non-hydrogen) atoms. The molecule has 0 unspecified atom stereocenters. The molecule has 1 aliphatic rings. The highest BCUT2D eigenvalue weighted by atomic mass is 79.9. The number of ether oxygens (including phenoxy) is 1. The Kier molecular flexibility index (Phi) is 4.98. The molecule has 1 aliphatic heterocycles. The van der Waals surface area contributed by atoms with E-state index >= 15 is 0 Å². The van der Waals surface area contributed by atoms with Crippen molar-refractivity contribution in [3.8, 4) is 5.75 Å². The summed E-state index contributed by atoms with van der Waals surface area (Å²) in [6.07, 6.45) is 0. The molecule has 0 saturated carbocycles. The lowest BCUT2D eigenvalue weighted by Crippen LogP contribution is -2.51. The van der Waals surface area contributed by atoms with Gasteiger partial charge in [0.15, 0.2) is 0 Å². The minimum Gasteiger partial charge on any atom is -0.489 e. The normalized spacial score (nSPS) is 15.2. The Labute approximate surface area is 144 Å². The Morgan fingerprint density at radius 2 is 1.91 bits per heavy atom. The molecule has 3 rings (SSSR count). The van der Waals surface area contributed by atoms with Gasteiger partial charge in [-0.3, -0.25) is 9.69 Å². The first-order valence-corrected chi connectivity index (χ1v) is 8.37. The van der Waals surface area contributed by atoms with E-state index in [1.54, 1.807) is 0 Å². The Balaban J connectivity index is 1.48. The van der Waals surface area contributed by atoms with Crippen molar-refractivity contribution in [3.05, 3.63) is 64.1 Å². The van der Waals surface area contributed by atoms with E-state index in [4.69, 9.17) is 10.5 Å². The number of benzene rings is 2. The van der Waals surface area contributed by atoms with Crippen LogP contribution in [-0.4, -0.2) is 23.9 Å². The minimum absolute atomic E-state index is 0.0165. The van der Waals surface area contributed by atoms with Gasteiger partial charge in [-0.05, 0) is 35.4 Å². The Morgan fingerprint density at radius 3 is 2.57 bits per heavy atom. The van der Waals surface area contributed by atoms with Crippen LogP contribution in [0.4, 0.5) is 0 Å². The highest BCUT2D eigenvalue weighted by Crippen LogP contribution is 2.21. The molecule has 0 bridgehead atoms. The molecule has 2 aromatic rings. The molecule has 2 aromatic carbocycles. The number of likely N-dealkylation sites (tertiary alicyclic amines) is 1. The number of carbonyl (C=O) groups is 1. The van der Waals surface area contributed by atoms with E-state index in [2.05, 4.69) is 33.0 Å². The fourth-order valence-corrected chi connectivity index (χ4v) is 3.07. The predicted octanol–water partition coefficient (Wildman–Crippen LogP) is 2.95. The summed E-state index contributed by atoms with van der Waals surface area (Å²) in [7, 11) is 0. The zero-order valence-corrected chi connectivity index (χ0v) is 14.3. The van der Waals surface area contributed by atoms with E-state index in [9.17, 15) is 4.79 Å². The summed E-state index contributed by atoms with van der Waals surface area (Å²) in [4.78, 5) is 13.2. The highest BCUT2D eigenvalue weighted by Gasteiger charge is 2.30. The monoisotopic (exact) mass is 374 g/mol. The number of primary amides is 1. The van der Waals surface area contributed by atoms with Crippen LogP contribution in [0, 0.1) is 5.92 Å². The molecule has 2 N–H and O–H groups in total. The predicted molar refractivity (Wildman–Crippen MR) is 92.9 cm³/mol. The van der Waals surface area contributed by atoms with Crippen molar-refractivity contribution in [2.24, 2.45) is 11.7 Å². The van der Waals surface area contributed by atoms with Crippen molar-refractivity contribution in [1.82, 2.24) is 4.90 Å². The second kappa shape index (κ2) is 7.15. The van der Waals surface area contributed by atoms with Crippen molar-refractivity contribution in [1.29, 1.82) is 0 Å². The third-order valence-corrected chi connectivity index (χ3v) is 4.48. The fourth-order valence-electron chi connectivity index (χ4n) is 2.62. The Hall–Kier alpha value is -1.85. The van der Waals surface area contributed by atoms with Gasteiger partial charge in [-0.25, -0.2) is 0 Å². The van der Waals surface area contributed by atoms with Crippen LogP contribution in [0.2, 0.25) is 0 Å². The largest absolute Gasteiger partial charge is 0.489 e. The number of amides is 1. The lowest BCUT2D eigenvalue weighted by molar-refractivity contribution is -0.127. The number of nitrogens with two attached hydrogens (primary N) is 1. The average molecular weight is 375 g/mol. The van der Waals surface area contributed by atoms with Gasteiger partial charge in [0.2, 0.25) is 5.91 Å². The van der Waals surface area contributed by atoms with Crippen LogP contribution in [-0.2, 0) is 17.9 Å². The zero-order chi connectivity index (χ0) is 16.2. The molecule has 0 radical (unpaired) electrons. The van der Waals surface area contributed by atoms with E-state index in [1.165, 1.54) is 5.56 Å². The summed E-state index contributed by atoms with van der Waals surface area (Å²) in [5.74, 6) is 0.674. The van der Waals surface area contributed by atoms with Crippen molar-refractivity contribution < 1.29 is 9.53 Å². The number of halogens is 1. The van der Waals surface area contributed by atoms with Gasteiger partial charge in [-0.2, -0.15) is 0 Å². The zero-order valence-electron chi connectivity index (χ0n) is 12.7. The molecule has 1 fully saturated rings. The van der Waals surface area contributed by atoms with Crippen molar-refractivity contribution in [3.63, 3.8) is 0 Å². The van der Waals surface area contributed by atoms with E-state index in [1.807, 2.05) is 36.4 Å². The van der Waals surface area contributed by atoms with Gasteiger partial charge in [0.05, 0.1) is 5.92 Å². The topological polar surface area (TPSA) is 55.6 Å². The first kappa shape index (κ1) is 16.0. The van der Waals surface area contributed by atoms with Gasteiger partial charge in [0, 0.05) is 24.1 Å². The van der Waals surface area contributed by atoms with Crippen LogP contribution in [0.25, 0.3) is 0 Å². The van der Waals surface area contributed by atoms with Gasteiger partial charge in [-0.15, -0.1) is 0 Å². The van der Waals surface area contributed by atoms with Gasteiger partial charge in [0.1, 0.15) is 12.4 Å². The van der Waals surface area contributed by atoms with Gasteiger partial charge in [-0.1, -0.05) is 40.2 Å². The van der Waals surface area contributed by atoms with Gasteiger partial charge >= 0.3 is 0 Å². The van der Waals surface area contributed by atoms with E-state index in [0.717, 1.165) is 35.4 Å². The molecule has 0 spiro atoms. The molecule has 4 nitrogen and oxygen atoms in total. The van der Waals surface area contributed by atoms with Crippen LogP contribution in [0.3, 0.4) is 0 Å². The molecular formula is C18H19BrN2O2. The standard InChI is InChI=1S/C18H19BrN2O2/c19-16-3-1-2-14(8-16)12-23-17-6-4-13(5-7-17)9-21-10-15(11-21)18(20)22/h1-8,15H,9-12H2,(H2,20,22). The summed E-state index contributed by atoms with van der Waals surface area (Å²) in [5.41, 5.74) is 7.62. The summed E-state index contributed by atoms with van der Waals surface area (Å²) in [5, 5.41) is 0. The molecule has 0 aliphatic carbocycles. The Bertz CT molecular complexity index is 682. The maximum absolute atomic E-state index is 11.0. The lowest BCUT2D eigenvalue weighted by Gasteiger charge is -2.37. The highest BCUT2D eigenvalue weighted by molar-refractivity contribution is 9.10. The van der Waals surface area contributed by atoms with Gasteiger partial charge < -0.3 is 10.5 Å². The number of nitrogens with zero attached hydrogens (tertiary/aromatic N) is 1. The second-order valence-corrected chi connectivity index (χ2v) is 6.77. The van der Waals surface area contributed by atoms with Crippen LogP contribution >= 0.6 is 15.9 Å². The number of hydrogen-bond donors (Lipinski definition) is 1. The van der Waals surface area contributed by atoms with Crippen molar-refractivity contribution in [2.75, 3.05) is 13.1 Å². The lowest BCUT2D eigenvalue weighted by atomic mass is 9.99. The molecular weight excluding hydrogens is 356 g/mol. The van der Waals surface area contributed by atoms with E-state index in [0.29, 0.717) is 6.61 Å². The third kappa shape index (κ3) is 4.33. The van der Waals surface area contributed by atoms with E-state index < -0.39 is 0 Å². The smallest absolute Gasteiger partial charge is 0.223 e. The fraction of sp³-hybridized carbons (Fsp3) is 0.278. The number of rotatable bonds is 6. The van der Waals surface area contributed by atoms with Crippen molar-refractivity contribution in [2.45, 2.75) is 13.2 Å². The van der Waals surface area contributed by atoms with Crippen LogP contribution in [0.1, 0.15) is 11.1 Å². The molecule has 0 atom stereocenters. The molecule has 1 amide bonds. The Morgan fingerprint density at radius 1 is 1.17 bits per heavy atom. The second-order valence-electron chi connectivity index (χ2n) is 5.86.